The molecule has 0 fully saturated rings. The van der Waals surface area contributed by atoms with E-state index in [0.29, 0.717) is 6.42 Å². The van der Waals surface area contributed by atoms with Gasteiger partial charge in [-0.3, -0.25) is 18.8 Å². The van der Waals surface area contributed by atoms with Gasteiger partial charge >= 0.3 is 15.2 Å². The van der Waals surface area contributed by atoms with E-state index < -0.39 is 39.7 Å². The van der Waals surface area contributed by atoms with E-state index in [1.54, 1.807) is 6.92 Å². The zero-order chi connectivity index (χ0) is 14.6. The van der Waals surface area contributed by atoms with Crippen molar-refractivity contribution < 1.29 is 33.5 Å². The van der Waals surface area contributed by atoms with E-state index in [4.69, 9.17) is 25.3 Å². The number of nitrogens with zero attached hydrogens (tertiary/aromatic N) is 1. The molecule has 0 aromatic rings. The van der Waals surface area contributed by atoms with Gasteiger partial charge in [-0.25, -0.2) is 0 Å². The van der Waals surface area contributed by atoms with Crippen molar-refractivity contribution in [2.45, 2.75) is 25.8 Å². The fraction of sp³-hybridized carbons (Fsp3) is 0.857. The molecule has 0 saturated carbocycles. The van der Waals surface area contributed by atoms with Gasteiger partial charge in [0.15, 0.2) is 0 Å². The Hall–Kier alpha value is -0.270. The van der Waals surface area contributed by atoms with Crippen molar-refractivity contribution in [3.05, 3.63) is 0 Å². The molecule has 0 bridgehead atoms. The van der Waals surface area contributed by atoms with Gasteiger partial charge in [-0.15, -0.1) is 0 Å². The number of hydrogen-bond acceptors (Lipinski definition) is 4. The van der Waals surface area contributed by atoms with E-state index in [2.05, 4.69) is 0 Å². The maximum absolute atomic E-state index is 11.2. The van der Waals surface area contributed by atoms with Crippen molar-refractivity contribution in [2.24, 2.45) is 5.73 Å². The lowest BCUT2D eigenvalue weighted by Crippen LogP contribution is -2.45. The minimum absolute atomic E-state index is 0.162. The highest BCUT2D eigenvalue weighted by Gasteiger charge is 2.33. The summed E-state index contributed by atoms with van der Waals surface area (Å²) in [5.41, 5.74) is 5.07. The molecule has 0 heterocycles. The molecular formula is C7H18N2O7P2. The van der Waals surface area contributed by atoms with Gasteiger partial charge in [-0.05, 0) is 6.42 Å². The van der Waals surface area contributed by atoms with Gasteiger partial charge in [0.1, 0.15) is 12.6 Å². The Kier molecular flexibility index (Phi) is 6.67. The van der Waals surface area contributed by atoms with Crippen LogP contribution in [-0.4, -0.2) is 49.0 Å². The third-order valence-electron chi connectivity index (χ3n) is 2.06. The molecule has 0 aliphatic rings. The standard InChI is InChI=1S/C7H18N2O7P2/c1-2-3-6(7(8)10)9(4-17(11,12)13)5-18(14,15)16/h6H,2-5H2,1H3,(H2,8,10)(H2,11,12,13)(H2,14,15,16)/t6-/m0/s1. The first kappa shape index (κ1) is 17.7. The highest BCUT2D eigenvalue weighted by molar-refractivity contribution is 7.52. The van der Waals surface area contributed by atoms with Crippen molar-refractivity contribution in [3.63, 3.8) is 0 Å². The molecule has 0 radical (unpaired) electrons. The summed E-state index contributed by atoms with van der Waals surface area (Å²) in [4.78, 5) is 47.3. The van der Waals surface area contributed by atoms with Crippen LogP contribution in [0.1, 0.15) is 19.8 Å². The van der Waals surface area contributed by atoms with E-state index in [1.807, 2.05) is 0 Å². The maximum Gasteiger partial charge on any atom is 0.339 e. The lowest BCUT2D eigenvalue weighted by Gasteiger charge is -2.29. The Balaban J connectivity index is 5.09. The maximum atomic E-state index is 11.2. The molecule has 0 unspecified atom stereocenters. The van der Waals surface area contributed by atoms with Crippen LogP contribution < -0.4 is 5.73 Å². The molecule has 0 saturated heterocycles. The number of nitrogens with two attached hydrogens (primary N) is 1. The highest BCUT2D eigenvalue weighted by Crippen LogP contribution is 2.41. The SMILES string of the molecule is CCC[C@@H](C(N)=O)N(CP(=O)(O)O)CP(=O)(O)O. The second-order valence-corrected chi connectivity index (χ2v) is 7.13. The van der Waals surface area contributed by atoms with Crippen LogP contribution in [0.2, 0.25) is 0 Å². The molecule has 18 heavy (non-hydrogen) atoms. The molecule has 0 aliphatic heterocycles. The van der Waals surface area contributed by atoms with E-state index >= 15 is 0 Å². The fourth-order valence-electron chi connectivity index (χ4n) is 1.49. The largest absolute Gasteiger partial charge is 0.368 e. The molecule has 0 rings (SSSR count). The van der Waals surface area contributed by atoms with Gasteiger partial charge in [0.25, 0.3) is 0 Å². The molecule has 1 atom stereocenters. The third kappa shape index (κ3) is 7.94. The molecule has 1 amide bonds. The minimum Gasteiger partial charge on any atom is -0.368 e. The average Bonchev–Trinajstić information content (AvgIpc) is 2.07. The first-order valence-electron chi connectivity index (χ1n) is 5.09. The van der Waals surface area contributed by atoms with Gasteiger partial charge < -0.3 is 25.3 Å². The minimum atomic E-state index is -4.55. The summed E-state index contributed by atoms with van der Waals surface area (Å²) in [5, 5.41) is 0. The van der Waals surface area contributed by atoms with Crippen LogP contribution in [-0.2, 0) is 13.9 Å². The van der Waals surface area contributed by atoms with E-state index in [9.17, 15) is 13.9 Å². The molecule has 108 valence electrons. The van der Waals surface area contributed by atoms with Gasteiger partial charge in [0.2, 0.25) is 5.91 Å². The van der Waals surface area contributed by atoms with E-state index in [0.717, 1.165) is 4.90 Å². The Morgan fingerprint density at radius 3 is 1.78 bits per heavy atom. The zero-order valence-electron chi connectivity index (χ0n) is 9.84. The predicted molar refractivity (Wildman–Crippen MR) is 63.6 cm³/mol. The average molecular weight is 304 g/mol. The predicted octanol–water partition coefficient (Wildman–Crippen LogP) is -0.787. The number of primary amides is 1. The van der Waals surface area contributed by atoms with E-state index in [-0.39, 0.29) is 6.42 Å². The summed E-state index contributed by atoms with van der Waals surface area (Å²) in [6.45, 7) is 1.71. The molecule has 9 nitrogen and oxygen atoms in total. The summed E-state index contributed by atoms with van der Waals surface area (Å²) in [6.07, 6.45) is -1.21. The lowest BCUT2D eigenvalue weighted by molar-refractivity contribution is -0.122. The van der Waals surface area contributed by atoms with Crippen molar-refractivity contribution in [1.29, 1.82) is 0 Å². The second-order valence-electron chi connectivity index (χ2n) is 3.91. The molecule has 0 aliphatic carbocycles. The molecule has 6 N–H and O–H groups in total. The van der Waals surface area contributed by atoms with Crippen LogP contribution in [0, 0.1) is 0 Å². The molecule has 0 aromatic carbocycles. The topological polar surface area (TPSA) is 161 Å². The Morgan fingerprint density at radius 2 is 1.56 bits per heavy atom. The fourth-order valence-corrected chi connectivity index (χ4v) is 3.19. The number of carbonyl (C=O) groups is 1. The highest BCUT2D eigenvalue weighted by atomic mass is 31.2. The molecule has 0 spiro atoms. The van der Waals surface area contributed by atoms with Crippen molar-refractivity contribution in [2.75, 3.05) is 12.6 Å². The Labute approximate surface area is 104 Å². The summed E-state index contributed by atoms with van der Waals surface area (Å²) >= 11 is 0. The second kappa shape index (κ2) is 6.77. The summed E-state index contributed by atoms with van der Waals surface area (Å²) in [6, 6.07) is -1.12. The molecular weight excluding hydrogens is 286 g/mol. The Morgan fingerprint density at radius 1 is 1.17 bits per heavy atom. The van der Waals surface area contributed by atoms with Crippen molar-refractivity contribution in [1.82, 2.24) is 4.90 Å². The van der Waals surface area contributed by atoms with Crippen LogP contribution in [0.3, 0.4) is 0 Å². The van der Waals surface area contributed by atoms with Gasteiger partial charge in [0.05, 0.1) is 6.04 Å². The van der Waals surface area contributed by atoms with Crippen LogP contribution >= 0.6 is 15.2 Å². The third-order valence-corrected chi connectivity index (χ3v) is 3.53. The van der Waals surface area contributed by atoms with Crippen LogP contribution in [0.4, 0.5) is 0 Å². The zero-order valence-corrected chi connectivity index (χ0v) is 11.6. The van der Waals surface area contributed by atoms with Gasteiger partial charge in [-0.1, -0.05) is 13.3 Å². The first-order chi connectivity index (χ1) is 7.96. The monoisotopic (exact) mass is 304 g/mol. The quantitative estimate of drug-likeness (QED) is 0.364. The van der Waals surface area contributed by atoms with Crippen LogP contribution in [0.5, 0.6) is 0 Å². The van der Waals surface area contributed by atoms with Crippen LogP contribution in [0.15, 0.2) is 0 Å². The summed E-state index contributed by atoms with van der Waals surface area (Å²) < 4.78 is 21.8. The van der Waals surface area contributed by atoms with Crippen molar-refractivity contribution >= 4 is 21.1 Å². The lowest BCUT2D eigenvalue weighted by atomic mass is 10.1. The number of rotatable bonds is 8. The van der Waals surface area contributed by atoms with Crippen molar-refractivity contribution in [3.8, 4) is 0 Å². The number of hydrogen-bond donors (Lipinski definition) is 5. The summed E-state index contributed by atoms with van der Waals surface area (Å²) in [7, 11) is -9.10. The van der Waals surface area contributed by atoms with Gasteiger partial charge in [-0.2, -0.15) is 0 Å². The van der Waals surface area contributed by atoms with Crippen LogP contribution in [0.25, 0.3) is 0 Å². The first-order valence-corrected chi connectivity index (χ1v) is 8.68. The normalized spacial score (nSPS) is 14.8. The smallest absolute Gasteiger partial charge is 0.339 e. The van der Waals surface area contributed by atoms with E-state index in [1.165, 1.54) is 0 Å². The Bertz CT molecular complexity index is 352. The number of carbonyl (C=O) groups excluding carboxylic acids is 1. The van der Waals surface area contributed by atoms with Gasteiger partial charge in [0, 0.05) is 0 Å². The molecule has 11 heteroatoms. The summed E-state index contributed by atoms with van der Waals surface area (Å²) in [5.74, 6) is -0.876. The number of amides is 1. The molecule has 0 aromatic heterocycles.